The molecule has 1 aliphatic carbocycles. The summed E-state index contributed by atoms with van der Waals surface area (Å²) in [4.78, 5) is 12.0. The molecule has 0 radical (unpaired) electrons. The smallest absolute Gasteiger partial charge is 0.257 e. The van der Waals surface area contributed by atoms with Gasteiger partial charge in [0.05, 0.1) is 5.69 Å². The van der Waals surface area contributed by atoms with Crippen LogP contribution in [-0.4, -0.2) is 11.9 Å². The van der Waals surface area contributed by atoms with Crippen molar-refractivity contribution in [3.8, 4) is 0 Å². The van der Waals surface area contributed by atoms with Crippen molar-refractivity contribution >= 4 is 11.6 Å². The first kappa shape index (κ1) is 13.8. The van der Waals surface area contributed by atoms with E-state index < -0.39 is 23.1 Å². The van der Waals surface area contributed by atoms with Crippen LogP contribution in [0.15, 0.2) is 12.1 Å². The molecule has 0 heterocycles. The highest BCUT2D eigenvalue weighted by molar-refractivity contribution is 5.95. The highest BCUT2D eigenvalue weighted by atomic mass is 19.1. The Balaban J connectivity index is 2.12. The Morgan fingerprint density at radius 1 is 1.47 bits per heavy atom. The summed E-state index contributed by atoms with van der Waals surface area (Å²) >= 11 is 0. The van der Waals surface area contributed by atoms with E-state index in [1.165, 1.54) is 12.8 Å². The second-order valence-electron chi connectivity index (χ2n) is 5.08. The van der Waals surface area contributed by atoms with Gasteiger partial charge in [0, 0.05) is 6.04 Å². The number of carbonyl (C=O) groups excluding carboxylic acids is 1. The second kappa shape index (κ2) is 5.55. The summed E-state index contributed by atoms with van der Waals surface area (Å²) in [5.74, 6) is -1.96. The summed E-state index contributed by atoms with van der Waals surface area (Å²) in [6.45, 7) is 1.94. The Kier molecular flexibility index (Phi) is 4.02. The fourth-order valence-electron chi connectivity index (χ4n) is 2.12. The topological polar surface area (TPSA) is 55.1 Å². The molecule has 1 fully saturated rings. The Labute approximate surface area is 111 Å². The predicted octanol–water partition coefficient (Wildman–Crippen LogP) is 2.86. The van der Waals surface area contributed by atoms with Crippen molar-refractivity contribution in [1.29, 1.82) is 0 Å². The van der Waals surface area contributed by atoms with Crippen molar-refractivity contribution in [2.45, 2.75) is 38.6 Å². The van der Waals surface area contributed by atoms with E-state index >= 15 is 0 Å². The van der Waals surface area contributed by atoms with E-state index in [1.807, 2.05) is 6.92 Å². The van der Waals surface area contributed by atoms with Gasteiger partial charge < -0.3 is 11.1 Å². The van der Waals surface area contributed by atoms with Crippen LogP contribution in [0.3, 0.4) is 0 Å². The van der Waals surface area contributed by atoms with Crippen molar-refractivity contribution in [1.82, 2.24) is 5.32 Å². The molecule has 3 nitrogen and oxygen atoms in total. The average molecular weight is 268 g/mol. The Morgan fingerprint density at radius 3 is 2.74 bits per heavy atom. The molecule has 0 saturated heterocycles. The average Bonchev–Trinajstić information content (AvgIpc) is 3.17. The van der Waals surface area contributed by atoms with Crippen LogP contribution in [0, 0.1) is 17.6 Å². The molecule has 1 unspecified atom stereocenters. The number of nitrogens with two attached hydrogens (primary N) is 1. The van der Waals surface area contributed by atoms with Crippen LogP contribution in [0.25, 0.3) is 0 Å². The third-order valence-corrected chi connectivity index (χ3v) is 3.49. The number of halogens is 2. The third-order valence-electron chi connectivity index (χ3n) is 3.49. The molecule has 1 aromatic rings. The zero-order valence-electron chi connectivity index (χ0n) is 10.9. The Hall–Kier alpha value is -1.65. The molecule has 1 aliphatic rings. The molecule has 1 atom stereocenters. The number of hydrogen-bond donors (Lipinski definition) is 2. The molecule has 0 spiro atoms. The van der Waals surface area contributed by atoms with Gasteiger partial charge in [0.15, 0.2) is 5.82 Å². The van der Waals surface area contributed by atoms with E-state index in [0.29, 0.717) is 5.92 Å². The van der Waals surface area contributed by atoms with Gasteiger partial charge in [-0.2, -0.15) is 0 Å². The molecule has 2 rings (SSSR count). The number of hydrogen-bond acceptors (Lipinski definition) is 2. The molecular weight excluding hydrogens is 250 g/mol. The van der Waals surface area contributed by atoms with Gasteiger partial charge in [-0.1, -0.05) is 19.8 Å². The zero-order chi connectivity index (χ0) is 14.0. The van der Waals surface area contributed by atoms with Crippen LogP contribution >= 0.6 is 0 Å². The molecule has 19 heavy (non-hydrogen) atoms. The number of carbonyl (C=O) groups is 1. The fourth-order valence-corrected chi connectivity index (χ4v) is 2.12. The molecule has 1 amide bonds. The first-order valence-electron chi connectivity index (χ1n) is 6.57. The van der Waals surface area contributed by atoms with Gasteiger partial charge >= 0.3 is 0 Å². The molecule has 1 aromatic carbocycles. The minimum absolute atomic E-state index is 0.0415. The lowest BCUT2D eigenvalue weighted by atomic mass is 10.1. The van der Waals surface area contributed by atoms with Crippen molar-refractivity contribution in [2.75, 3.05) is 5.73 Å². The lowest BCUT2D eigenvalue weighted by molar-refractivity contribution is 0.0924. The second-order valence-corrected chi connectivity index (χ2v) is 5.08. The van der Waals surface area contributed by atoms with Crippen molar-refractivity contribution in [3.05, 3.63) is 29.3 Å². The lowest BCUT2D eigenvalue weighted by Crippen LogP contribution is -2.36. The van der Waals surface area contributed by atoms with Gasteiger partial charge in [0.1, 0.15) is 11.4 Å². The number of anilines is 1. The maximum absolute atomic E-state index is 13.7. The van der Waals surface area contributed by atoms with Gasteiger partial charge in [0.2, 0.25) is 0 Å². The van der Waals surface area contributed by atoms with Crippen LogP contribution in [0.4, 0.5) is 14.5 Å². The van der Waals surface area contributed by atoms with Crippen molar-refractivity contribution in [2.24, 2.45) is 5.92 Å². The quantitative estimate of drug-likeness (QED) is 0.807. The van der Waals surface area contributed by atoms with Gasteiger partial charge in [-0.3, -0.25) is 4.79 Å². The van der Waals surface area contributed by atoms with Gasteiger partial charge in [-0.15, -0.1) is 0 Å². The van der Waals surface area contributed by atoms with Crippen molar-refractivity contribution in [3.63, 3.8) is 0 Å². The molecular formula is C14H18F2N2O. The lowest BCUT2D eigenvalue weighted by Gasteiger charge is -2.17. The predicted molar refractivity (Wildman–Crippen MR) is 69.7 cm³/mol. The zero-order valence-corrected chi connectivity index (χ0v) is 10.9. The summed E-state index contributed by atoms with van der Waals surface area (Å²) in [5.41, 5.74) is 4.55. The highest BCUT2D eigenvalue weighted by Crippen LogP contribution is 2.34. The van der Waals surface area contributed by atoms with Gasteiger partial charge in [-0.25, -0.2) is 8.78 Å². The van der Waals surface area contributed by atoms with E-state index in [1.54, 1.807) is 0 Å². The molecule has 0 aromatic heterocycles. The van der Waals surface area contributed by atoms with Crippen LogP contribution in [0.1, 0.15) is 43.0 Å². The van der Waals surface area contributed by atoms with Crippen molar-refractivity contribution < 1.29 is 13.6 Å². The molecule has 0 bridgehead atoms. The van der Waals surface area contributed by atoms with E-state index in [0.717, 1.165) is 25.0 Å². The van der Waals surface area contributed by atoms with Crippen LogP contribution in [0.2, 0.25) is 0 Å². The molecule has 104 valence electrons. The number of benzene rings is 1. The molecule has 1 saturated carbocycles. The number of rotatable bonds is 5. The van der Waals surface area contributed by atoms with Crippen LogP contribution < -0.4 is 11.1 Å². The largest absolute Gasteiger partial charge is 0.396 e. The third kappa shape index (κ3) is 3.22. The molecule has 5 heteroatoms. The Bertz CT molecular complexity index is 487. The molecule has 0 aliphatic heterocycles. The van der Waals surface area contributed by atoms with Gasteiger partial charge in [-0.05, 0) is 30.9 Å². The summed E-state index contributed by atoms with van der Waals surface area (Å²) in [6.07, 6.45) is 3.96. The van der Waals surface area contributed by atoms with E-state index in [-0.39, 0.29) is 11.7 Å². The highest BCUT2D eigenvalue weighted by Gasteiger charge is 2.27. The minimum Gasteiger partial charge on any atom is -0.396 e. The summed E-state index contributed by atoms with van der Waals surface area (Å²) in [5, 5.41) is 2.69. The van der Waals surface area contributed by atoms with Gasteiger partial charge in [0.25, 0.3) is 5.91 Å². The summed E-state index contributed by atoms with van der Waals surface area (Å²) in [6, 6.07) is 2.08. The summed E-state index contributed by atoms with van der Waals surface area (Å²) in [7, 11) is 0. The number of amides is 1. The number of nitrogen functional groups attached to an aromatic ring is 1. The maximum Gasteiger partial charge on any atom is 0.257 e. The van der Waals surface area contributed by atoms with E-state index in [4.69, 9.17) is 5.73 Å². The summed E-state index contributed by atoms with van der Waals surface area (Å²) < 4.78 is 27.3. The fraction of sp³-hybridized carbons (Fsp3) is 0.500. The SMILES string of the molecule is CCC(CC1CC1)NC(=O)c1c(F)ccc(N)c1F. The monoisotopic (exact) mass is 268 g/mol. The molecule has 3 N–H and O–H groups in total. The number of nitrogens with one attached hydrogen (secondary N) is 1. The van der Waals surface area contributed by atoms with Crippen LogP contribution in [0.5, 0.6) is 0 Å². The maximum atomic E-state index is 13.7. The first-order chi connectivity index (χ1) is 9.02. The van der Waals surface area contributed by atoms with E-state index in [2.05, 4.69) is 5.32 Å². The Morgan fingerprint density at radius 2 is 2.16 bits per heavy atom. The van der Waals surface area contributed by atoms with Crippen LogP contribution in [-0.2, 0) is 0 Å². The van der Waals surface area contributed by atoms with E-state index in [9.17, 15) is 13.6 Å². The standard InChI is InChI=1S/C14H18F2N2O/c1-2-9(7-8-3-4-8)18-14(19)12-10(15)5-6-11(17)13(12)16/h5-6,8-9H,2-4,7,17H2,1H3,(H,18,19). The minimum atomic E-state index is -0.987. The first-order valence-corrected chi connectivity index (χ1v) is 6.57. The normalized spacial score (nSPS) is 16.2.